The molecule has 1 atom stereocenters. The Morgan fingerprint density at radius 2 is 2.50 bits per heavy atom. The van der Waals surface area contributed by atoms with Crippen LogP contribution in [0.1, 0.15) is 25.7 Å². The summed E-state index contributed by atoms with van der Waals surface area (Å²) in [6.07, 6.45) is 8.03. The third kappa shape index (κ3) is 1.77. The zero-order chi connectivity index (χ0) is 5.82. The molecular formula is C7H12Br. The van der Waals surface area contributed by atoms with Gasteiger partial charge in [0.05, 0.1) is 0 Å². The highest BCUT2D eigenvalue weighted by Gasteiger charge is 2.13. The van der Waals surface area contributed by atoms with E-state index in [-0.39, 0.29) is 0 Å². The van der Waals surface area contributed by atoms with E-state index in [2.05, 4.69) is 22.4 Å². The molecule has 0 amide bonds. The molecule has 0 heterocycles. The molecule has 0 spiro atoms. The zero-order valence-corrected chi connectivity index (χ0v) is 6.65. The van der Waals surface area contributed by atoms with E-state index in [4.69, 9.17) is 0 Å². The van der Waals surface area contributed by atoms with Crippen molar-refractivity contribution in [2.75, 3.05) is 5.33 Å². The van der Waals surface area contributed by atoms with E-state index >= 15 is 0 Å². The van der Waals surface area contributed by atoms with Crippen LogP contribution in [0.3, 0.4) is 0 Å². The lowest BCUT2D eigenvalue weighted by molar-refractivity contribution is 0.609. The van der Waals surface area contributed by atoms with E-state index in [1.165, 1.54) is 31.0 Å². The molecule has 1 rings (SSSR count). The molecule has 1 saturated carbocycles. The number of rotatable bonds is 2. The SMILES string of the molecule is BrCC[C@H]1[CH]CCC1. The molecule has 0 aromatic carbocycles. The Kier molecular flexibility index (Phi) is 2.88. The van der Waals surface area contributed by atoms with E-state index in [1.54, 1.807) is 0 Å². The highest BCUT2D eigenvalue weighted by atomic mass is 79.9. The molecule has 0 nitrogen and oxygen atoms in total. The lowest BCUT2D eigenvalue weighted by Gasteiger charge is -2.02. The van der Waals surface area contributed by atoms with Crippen molar-refractivity contribution in [3.63, 3.8) is 0 Å². The first-order valence-corrected chi connectivity index (χ1v) is 4.45. The average Bonchev–Trinajstić information content (AvgIpc) is 2.19. The maximum Gasteiger partial charge on any atom is 0.00340 e. The highest BCUT2D eigenvalue weighted by molar-refractivity contribution is 9.09. The second kappa shape index (κ2) is 3.49. The fourth-order valence-electron chi connectivity index (χ4n) is 1.25. The van der Waals surface area contributed by atoms with Gasteiger partial charge in [-0.05, 0) is 25.2 Å². The van der Waals surface area contributed by atoms with Crippen molar-refractivity contribution >= 4 is 15.9 Å². The molecule has 0 aromatic heterocycles. The van der Waals surface area contributed by atoms with Crippen molar-refractivity contribution in [2.24, 2.45) is 5.92 Å². The van der Waals surface area contributed by atoms with Crippen LogP contribution in [0.15, 0.2) is 0 Å². The third-order valence-corrected chi connectivity index (χ3v) is 2.22. The van der Waals surface area contributed by atoms with Crippen molar-refractivity contribution in [2.45, 2.75) is 25.7 Å². The smallest absolute Gasteiger partial charge is 0.00340 e. The summed E-state index contributed by atoms with van der Waals surface area (Å²) in [6, 6.07) is 0. The van der Waals surface area contributed by atoms with Gasteiger partial charge >= 0.3 is 0 Å². The number of halogens is 1. The molecule has 0 N–H and O–H groups in total. The maximum absolute atomic E-state index is 3.44. The lowest BCUT2D eigenvalue weighted by atomic mass is 10.1. The van der Waals surface area contributed by atoms with E-state index in [0.717, 1.165) is 5.92 Å². The Balaban J connectivity index is 2.06. The van der Waals surface area contributed by atoms with Crippen molar-refractivity contribution in [1.29, 1.82) is 0 Å². The first-order valence-electron chi connectivity index (χ1n) is 3.33. The van der Waals surface area contributed by atoms with E-state index in [1.807, 2.05) is 0 Å². The van der Waals surface area contributed by atoms with Crippen LogP contribution < -0.4 is 0 Å². The van der Waals surface area contributed by atoms with Gasteiger partial charge in [-0.1, -0.05) is 28.8 Å². The summed E-state index contributed by atoms with van der Waals surface area (Å²) >= 11 is 3.44. The van der Waals surface area contributed by atoms with E-state index in [9.17, 15) is 0 Å². The Labute approximate surface area is 59.8 Å². The summed E-state index contributed by atoms with van der Waals surface area (Å²) in [6.45, 7) is 0. The molecule has 1 fully saturated rings. The Morgan fingerprint density at radius 1 is 1.62 bits per heavy atom. The zero-order valence-electron chi connectivity index (χ0n) is 5.07. The van der Waals surface area contributed by atoms with Gasteiger partial charge in [-0.15, -0.1) is 0 Å². The van der Waals surface area contributed by atoms with Crippen LogP contribution in [0.25, 0.3) is 0 Å². The predicted octanol–water partition coefficient (Wildman–Crippen LogP) is 2.78. The van der Waals surface area contributed by atoms with Crippen LogP contribution in [0.4, 0.5) is 0 Å². The maximum atomic E-state index is 3.44. The average molecular weight is 176 g/mol. The van der Waals surface area contributed by atoms with Crippen LogP contribution in [0.5, 0.6) is 0 Å². The van der Waals surface area contributed by atoms with Crippen molar-refractivity contribution in [3.05, 3.63) is 6.42 Å². The normalized spacial score (nSPS) is 22.1. The van der Waals surface area contributed by atoms with Gasteiger partial charge in [0.15, 0.2) is 0 Å². The van der Waals surface area contributed by atoms with Crippen molar-refractivity contribution < 1.29 is 0 Å². The molecule has 0 unspecified atom stereocenters. The predicted molar refractivity (Wildman–Crippen MR) is 40.1 cm³/mol. The topological polar surface area (TPSA) is 0 Å². The highest BCUT2D eigenvalue weighted by Crippen LogP contribution is 2.26. The number of hydrogen-bond acceptors (Lipinski definition) is 0. The minimum absolute atomic E-state index is 0.939. The first-order chi connectivity index (χ1) is 3.93. The summed E-state index contributed by atoms with van der Waals surface area (Å²) in [7, 11) is 0. The van der Waals surface area contributed by atoms with Gasteiger partial charge in [-0.2, -0.15) is 0 Å². The fraction of sp³-hybridized carbons (Fsp3) is 0.857. The quantitative estimate of drug-likeness (QED) is 0.567. The molecule has 0 aliphatic heterocycles. The standard InChI is InChI=1S/C7H12Br/c8-6-5-7-3-1-2-4-7/h3,7H,1-2,4-6H2/t7-/m0/s1. The molecule has 0 saturated heterocycles. The number of hydrogen-bond donors (Lipinski definition) is 0. The molecule has 1 heteroatoms. The Bertz CT molecular complexity index is 55.4. The van der Waals surface area contributed by atoms with E-state index in [0.29, 0.717) is 0 Å². The van der Waals surface area contributed by atoms with E-state index < -0.39 is 0 Å². The van der Waals surface area contributed by atoms with Gasteiger partial charge in [0.1, 0.15) is 0 Å². The molecule has 8 heavy (non-hydrogen) atoms. The molecule has 1 aliphatic rings. The summed E-state index contributed by atoms with van der Waals surface area (Å²) < 4.78 is 0. The summed E-state index contributed by atoms with van der Waals surface area (Å²) in [5.41, 5.74) is 0. The van der Waals surface area contributed by atoms with Gasteiger partial charge in [-0.3, -0.25) is 0 Å². The summed E-state index contributed by atoms with van der Waals surface area (Å²) in [4.78, 5) is 0. The largest absolute Gasteiger partial charge is 0.0928 e. The summed E-state index contributed by atoms with van der Waals surface area (Å²) in [5, 5.41) is 1.17. The molecule has 47 valence electrons. The van der Waals surface area contributed by atoms with Crippen molar-refractivity contribution in [1.82, 2.24) is 0 Å². The monoisotopic (exact) mass is 175 g/mol. The van der Waals surface area contributed by atoms with Crippen LogP contribution >= 0.6 is 15.9 Å². The second-order valence-electron chi connectivity index (χ2n) is 2.40. The van der Waals surface area contributed by atoms with Crippen LogP contribution in [-0.4, -0.2) is 5.33 Å². The van der Waals surface area contributed by atoms with Crippen LogP contribution in [-0.2, 0) is 0 Å². The Hall–Kier alpha value is 0.480. The van der Waals surface area contributed by atoms with Gasteiger partial charge in [0.2, 0.25) is 0 Å². The Morgan fingerprint density at radius 3 is 3.00 bits per heavy atom. The third-order valence-electron chi connectivity index (χ3n) is 1.76. The minimum Gasteiger partial charge on any atom is -0.0928 e. The van der Waals surface area contributed by atoms with Gasteiger partial charge in [-0.25, -0.2) is 0 Å². The van der Waals surface area contributed by atoms with Crippen molar-refractivity contribution in [3.8, 4) is 0 Å². The second-order valence-corrected chi connectivity index (χ2v) is 3.20. The minimum atomic E-state index is 0.939. The number of alkyl halides is 1. The summed E-state index contributed by atoms with van der Waals surface area (Å²) in [5.74, 6) is 0.939. The van der Waals surface area contributed by atoms with Gasteiger partial charge in [0, 0.05) is 5.33 Å². The van der Waals surface area contributed by atoms with Crippen LogP contribution in [0.2, 0.25) is 0 Å². The fourth-order valence-corrected chi connectivity index (χ4v) is 1.84. The molecule has 1 radical (unpaired) electrons. The molecule has 1 aliphatic carbocycles. The van der Waals surface area contributed by atoms with Gasteiger partial charge < -0.3 is 0 Å². The van der Waals surface area contributed by atoms with Gasteiger partial charge in [0.25, 0.3) is 0 Å². The van der Waals surface area contributed by atoms with Crippen LogP contribution in [0, 0.1) is 12.3 Å². The molecular weight excluding hydrogens is 164 g/mol. The lowest BCUT2D eigenvalue weighted by Crippen LogP contribution is -1.92. The first kappa shape index (κ1) is 6.60. The molecule has 0 bridgehead atoms. The molecule has 0 aromatic rings.